The minimum absolute atomic E-state index is 0. The molecule has 0 bridgehead atoms. The number of carbonyl (C=O) groups excluding carboxylic acids is 2. The van der Waals surface area contributed by atoms with Crippen LogP contribution in [0.5, 0.6) is 0 Å². The van der Waals surface area contributed by atoms with Gasteiger partial charge in [0.05, 0.1) is 16.0 Å². The molecule has 1 fully saturated rings. The first-order chi connectivity index (χ1) is 11.2. The highest BCUT2D eigenvalue weighted by Gasteiger charge is 2.31. The average molecular weight is 409 g/mol. The third kappa shape index (κ3) is 5.74. The maximum Gasteiger partial charge on any atom is 0.253 e. The van der Waals surface area contributed by atoms with Gasteiger partial charge in [-0.3, -0.25) is 9.59 Å². The predicted molar refractivity (Wildman–Crippen MR) is 104 cm³/mol. The van der Waals surface area contributed by atoms with E-state index in [9.17, 15) is 9.59 Å². The molecule has 2 amide bonds. The molecule has 1 saturated heterocycles. The van der Waals surface area contributed by atoms with Gasteiger partial charge in [0.1, 0.15) is 0 Å². The Morgan fingerprint density at radius 3 is 2.60 bits per heavy atom. The molecular weight excluding hydrogens is 385 g/mol. The van der Waals surface area contributed by atoms with Gasteiger partial charge in [0, 0.05) is 30.7 Å². The lowest BCUT2D eigenvalue weighted by Crippen LogP contribution is -2.53. The van der Waals surface area contributed by atoms with Gasteiger partial charge >= 0.3 is 0 Å². The Hall–Kier alpha value is -1.01. The molecule has 0 saturated carbocycles. The van der Waals surface area contributed by atoms with Gasteiger partial charge in [-0.15, -0.1) is 12.4 Å². The van der Waals surface area contributed by atoms with Gasteiger partial charge < -0.3 is 16.0 Å². The summed E-state index contributed by atoms with van der Waals surface area (Å²) < 4.78 is 0. The first-order valence-electron chi connectivity index (χ1n) is 8.00. The van der Waals surface area contributed by atoms with Gasteiger partial charge in [-0.2, -0.15) is 0 Å². The van der Waals surface area contributed by atoms with Crippen LogP contribution < -0.4 is 11.1 Å². The number of likely N-dealkylation sites (tertiary alicyclic amines) is 1. The number of carbonyl (C=O) groups is 2. The van der Waals surface area contributed by atoms with Crippen LogP contribution in [0.15, 0.2) is 18.2 Å². The minimum atomic E-state index is -0.451. The van der Waals surface area contributed by atoms with E-state index in [1.54, 1.807) is 23.1 Å². The van der Waals surface area contributed by atoms with Crippen molar-refractivity contribution in [2.75, 3.05) is 19.6 Å². The number of benzene rings is 1. The number of hydrogen-bond donors (Lipinski definition) is 2. The molecule has 3 N–H and O–H groups in total. The lowest BCUT2D eigenvalue weighted by molar-refractivity contribution is -0.127. The molecule has 8 heteroatoms. The number of hydrogen-bond acceptors (Lipinski definition) is 3. The predicted octanol–water partition coefficient (Wildman–Crippen LogP) is 3.12. The fourth-order valence-electron chi connectivity index (χ4n) is 2.67. The van der Waals surface area contributed by atoms with Crippen molar-refractivity contribution in [2.24, 2.45) is 11.7 Å². The summed E-state index contributed by atoms with van der Waals surface area (Å²) in [6.07, 6.45) is 1.55. The number of nitrogens with two attached hydrogens (primary N) is 1. The topological polar surface area (TPSA) is 75.4 Å². The average Bonchev–Trinajstić information content (AvgIpc) is 2.56. The second-order valence-electron chi connectivity index (χ2n) is 6.80. The fourth-order valence-corrected chi connectivity index (χ4v) is 2.97. The molecule has 1 aromatic carbocycles. The van der Waals surface area contributed by atoms with Crippen molar-refractivity contribution in [3.63, 3.8) is 0 Å². The standard InChI is InChI=1S/C17H23Cl2N3O2.ClH/c1-17(2,10-20)21-15(23)12-4-3-7-22(9-12)16(24)11-5-6-13(18)14(19)8-11;/h5-6,8,12H,3-4,7,9-10,20H2,1-2H3,(H,21,23);1H. The number of halogens is 3. The molecule has 0 aliphatic carbocycles. The Morgan fingerprint density at radius 1 is 1.32 bits per heavy atom. The Bertz CT molecular complexity index is 638. The number of piperidine rings is 1. The van der Waals surface area contributed by atoms with E-state index in [2.05, 4.69) is 5.32 Å². The highest BCUT2D eigenvalue weighted by Crippen LogP contribution is 2.25. The smallest absolute Gasteiger partial charge is 0.253 e. The maximum atomic E-state index is 12.6. The summed E-state index contributed by atoms with van der Waals surface area (Å²) in [5.41, 5.74) is 5.69. The van der Waals surface area contributed by atoms with Crippen LogP contribution in [0.25, 0.3) is 0 Å². The molecule has 1 heterocycles. The maximum absolute atomic E-state index is 12.6. The molecular formula is C17H24Cl3N3O2. The normalized spacial score (nSPS) is 17.6. The molecule has 1 unspecified atom stereocenters. The van der Waals surface area contributed by atoms with E-state index in [1.807, 2.05) is 13.8 Å². The number of nitrogens with one attached hydrogen (secondary N) is 1. The van der Waals surface area contributed by atoms with Crippen molar-refractivity contribution in [2.45, 2.75) is 32.2 Å². The molecule has 1 aliphatic rings. The van der Waals surface area contributed by atoms with Crippen LogP contribution in [0.1, 0.15) is 37.0 Å². The Labute approximate surface area is 164 Å². The zero-order valence-corrected chi connectivity index (χ0v) is 16.7. The SMILES string of the molecule is CC(C)(CN)NC(=O)C1CCCN(C(=O)c2ccc(Cl)c(Cl)c2)C1.Cl. The molecule has 2 rings (SSSR count). The molecule has 0 spiro atoms. The van der Waals surface area contributed by atoms with Crippen LogP contribution in [0.2, 0.25) is 10.0 Å². The third-order valence-corrected chi connectivity index (χ3v) is 4.96. The highest BCUT2D eigenvalue weighted by atomic mass is 35.5. The molecule has 25 heavy (non-hydrogen) atoms. The van der Waals surface area contributed by atoms with E-state index in [0.717, 1.165) is 12.8 Å². The van der Waals surface area contributed by atoms with Gasteiger partial charge in [-0.25, -0.2) is 0 Å². The van der Waals surface area contributed by atoms with Crippen LogP contribution in [-0.4, -0.2) is 41.9 Å². The van der Waals surface area contributed by atoms with Gasteiger partial charge in [0.15, 0.2) is 0 Å². The Kier molecular flexibility index (Phi) is 8.00. The monoisotopic (exact) mass is 407 g/mol. The summed E-state index contributed by atoms with van der Waals surface area (Å²) in [5, 5.41) is 3.71. The molecule has 1 aliphatic heterocycles. The second kappa shape index (κ2) is 9.08. The van der Waals surface area contributed by atoms with Crippen LogP contribution >= 0.6 is 35.6 Å². The first-order valence-corrected chi connectivity index (χ1v) is 8.75. The fraction of sp³-hybridized carbons (Fsp3) is 0.529. The summed E-state index contributed by atoms with van der Waals surface area (Å²) >= 11 is 11.9. The third-order valence-electron chi connectivity index (χ3n) is 4.22. The Balaban J connectivity index is 0.00000312. The van der Waals surface area contributed by atoms with Gasteiger partial charge in [-0.1, -0.05) is 23.2 Å². The highest BCUT2D eigenvalue weighted by molar-refractivity contribution is 6.42. The second-order valence-corrected chi connectivity index (χ2v) is 7.61. The first kappa shape index (κ1) is 22.0. The van der Waals surface area contributed by atoms with Crippen LogP contribution in [-0.2, 0) is 4.79 Å². The lowest BCUT2D eigenvalue weighted by atomic mass is 9.94. The van der Waals surface area contributed by atoms with Gasteiger partial charge in [0.2, 0.25) is 5.91 Å². The summed E-state index contributed by atoms with van der Waals surface area (Å²) in [4.78, 5) is 26.8. The van der Waals surface area contributed by atoms with Crippen molar-refractivity contribution in [1.82, 2.24) is 10.2 Å². The number of nitrogens with zero attached hydrogens (tertiary/aromatic N) is 1. The van der Waals surface area contributed by atoms with E-state index >= 15 is 0 Å². The molecule has 0 aromatic heterocycles. The Morgan fingerprint density at radius 2 is 2.00 bits per heavy atom. The van der Waals surface area contributed by atoms with Crippen molar-refractivity contribution in [3.8, 4) is 0 Å². The van der Waals surface area contributed by atoms with E-state index in [4.69, 9.17) is 28.9 Å². The zero-order chi connectivity index (χ0) is 17.9. The van der Waals surface area contributed by atoms with Crippen molar-refractivity contribution in [1.29, 1.82) is 0 Å². The van der Waals surface area contributed by atoms with E-state index in [1.165, 1.54) is 0 Å². The summed E-state index contributed by atoms with van der Waals surface area (Å²) in [6, 6.07) is 4.82. The minimum Gasteiger partial charge on any atom is -0.350 e. The quantitative estimate of drug-likeness (QED) is 0.803. The van der Waals surface area contributed by atoms with Crippen molar-refractivity contribution >= 4 is 47.4 Å². The summed E-state index contributed by atoms with van der Waals surface area (Å²) in [6.45, 7) is 5.14. The summed E-state index contributed by atoms with van der Waals surface area (Å²) in [5.74, 6) is -0.419. The van der Waals surface area contributed by atoms with Crippen molar-refractivity contribution < 1.29 is 9.59 Å². The lowest BCUT2D eigenvalue weighted by Gasteiger charge is -2.34. The molecule has 1 aromatic rings. The van der Waals surface area contributed by atoms with Gasteiger partial charge in [-0.05, 0) is 44.9 Å². The zero-order valence-electron chi connectivity index (χ0n) is 14.4. The van der Waals surface area contributed by atoms with Crippen LogP contribution in [0.3, 0.4) is 0 Å². The van der Waals surface area contributed by atoms with E-state index in [-0.39, 0.29) is 30.1 Å². The van der Waals surface area contributed by atoms with E-state index < -0.39 is 5.54 Å². The molecule has 1 atom stereocenters. The largest absolute Gasteiger partial charge is 0.350 e. The van der Waals surface area contributed by atoms with Gasteiger partial charge in [0.25, 0.3) is 5.91 Å². The van der Waals surface area contributed by atoms with E-state index in [0.29, 0.717) is 35.2 Å². The number of rotatable bonds is 4. The molecule has 5 nitrogen and oxygen atoms in total. The summed E-state index contributed by atoms with van der Waals surface area (Å²) in [7, 11) is 0. The van der Waals surface area contributed by atoms with Crippen LogP contribution in [0.4, 0.5) is 0 Å². The van der Waals surface area contributed by atoms with Crippen LogP contribution in [0, 0.1) is 5.92 Å². The van der Waals surface area contributed by atoms with Crippen molar-refractivity contribution in [3.05, 3.63) is 33.8 Å². The number of amides is 2. The molecule has 0 radical (unpaired) electrons. The molecule has 140 valence electrons.